The molecule has 1 aromatic rings. The molecule has 0 N–H and O–H groups in total. The van der Waals surface area contributed by atoms with Gasteiger partial charge in [0.25, 0.3) is 5.69 Å². The van der Waals surface area contributed by atoms with Crippen LogP contribution in [0.5, 0.6) is 0 Å². The average molecular weight is 238 g/mol. The Hall–Kier alpha value is -1.98. The first kappa shape index (κ1) is 13.1. The molecule has 0 saturated heterocycles. The monoisotopic (exact) mass is 238 g/mol. The van der Waals surface area contributed by atoms with Crippen molar-refractivity contribution in [3.8, 4) is 0 Å². The van der Waals surface area contributed by atoms with Crippen LogP contribution in [0.4, 0.5) is 5.69 Å². The number of benzene rings is 1. The van der Waals surface area contributed by atoms with Crippen LogP contribution in [0.2, 0.25) is 0 Å². The van der Waals surface area contributed by atoms with Crippen molar-refractivity contribution in [3.05, 3.63) is 50.1 Å². The third kappa shape index (κ3) is 2.99. The first-order valence-corrected chi connectivity index (χ1v) is 5.11. The molecule has 0 heterocycles. The normalized spacial score (nSPS) is 13.1. The van der Waals surface area contributed by atoms with Crippen molar-refractivity contribution in [2.75, 3.05) is 0 Å². The molecule has 0 radical (unpaired) electrons. The third-order valence-corrected chi connectivity index (χ3v) is 2.45. The fourth-order valence-corrected chi connectivity index (χ4v) is 1.72. The minimum Gasteiger partial charge on any atom is -0.264 e. The highest BCUT2D eigenvalue weighted by atomic mass is 16.6. The Bertz CT molecular complexity index is 434. The van der Waals surface area contributed by atoms with E-state index in [1.807, 2.05) is 0 Å². The second-order valence-electron chi connectivity index (χ2n) is 4.90. The van der Waals surface area contributed by atoms with E-state index in [2.05, 4.69) is 0 Å². The van der Waals surface area contributed by atoms with Crippen LogP contribution in [-0.4, -0.2) is 9.85 Å². The molecule has 0 aliphatic carbocycles. The number of hydrogen-bond acceptors (Lipinski definition) is 4. The van der Waals surface area contributed by atoms with Gasteiger partial charge in [-0.15, -0.1) is 0 Å². The SMILES string of the molecule is CC(C)(C)C(c1ccc([N+](=O)[O-])cc1)[N+](=O)[O-]. The van der Waals surface area contributed by atoms with Crippen LogP contribution in [-0.2, 0) is 0 Å². The van der Waals surface area contributed by atoms with E-state index in [9.17, 15) is 20.2 Å². The second kappa shape index (κ2) is 4.48. The van der Waals surface area contributed by atoms with E-state index >= 15 is 0 Å². The summed E-state index contributed by atoms with van der Waals surface area (Å²) in [6, 6.07) is 4.59. The van der Waals surface area contributed by atoms with Crippen LogP contribution in [0.15, 0.2) is 24.3 Å². The Morgan fingerprint density at radius 1 is 1.06 bits per heavy atom. The highest BCUT2D eigenvalue weighted by molar-refractivity contribution is 5.34. The lowest BCUT2D eigenvalue weighted by Gasteiger charge is -2.23. The van der Waals surface area contributed by atoms with E-state index in [1.165, 1.54) is 24.3 Å². The number of nitro groups is 2. The summed E-state index contributed by atoms with van der Waals surface area (Å²) < 4.78 is 0. The molecule has 0 aliphatic rings. The number of non-ortho nitro benzene ring substituents is 1. The Morgan fingerprint density at radius 2 is 1.53 bits per heavy atom. The Balaban J connectivity index is 3.13. The zero-order chi connectivity index (χ0) is 13.2. The summed E-state index contributed by atoms with van der Waals surface area (Å²) in [5, 5.41) is 21.5. The van der Waals surface area contributed by atoms with Crippen molar-refractivity contribution < 1.29 is 9.85 Å². The van der Waals surface area contributed by atoms with Gasteiger partial charge in [-0.25, -0.2) is 0 Å². The minimum atomic E-state index is -0.872. The molecule has 0 spiro atoms. The van der Waals surface area contributed by atoms with Crippen LogP contribution in [0.1, 0.15) is 32.4 Å². The average Bonchev–Trinajstić information content (AvgIpc) is 2.15. The van der Waals surface area contributed by atoms with Gasteiger partial charge in [0.2, 0.25) is 6.04 Å². The van der Waals surface area contributed by atoms with E-state index < -0.39 is 16.4 Å². The lowest BCUT2D eigenvalue weighted by molar-refractivity contribution is -0.546. The van der Waals surface area contributed by atoms with Gasteiger partial charge in [-0.3, -0.25) is 20.2 Å². The molecule has 1 aromatic carbocycles. The second-order valence-corrected chi connectivity index (χ2v) is 4.90. The molecular formula is C11H14N2O4. The summed E-state index contributed by atoms with van der Waals surface area (Å²) in [6.45, 7) is 5.30. The van der Waals surface area contributed by atoms with Gasteiger partial charge >= 0.3 is 0 Å². The molecule has 6 nitrogen and oxygen atoms in total. The molecule has 92 valence electrons. The minimum absolute atomic E-state index is 0.0650. The van der Waals surface area contributed by atoms with Crippen molar-refractivity contribution in [2.24, 2.45) is 5.41 Å². The van der Waals surface area contributed by atoms with E-state index in [0.717, 1.165) is 0 Å². The maximum absolute atomic E-state index is 11.0. The van der Waals surface area contributed by atoms with Crippen molar-refractivity contribution in [3.63, 3.8) is 0 Å². The van der Waals surface area contributed by atoms with Crippen LogP contribution in [0.3, 0.4) is 0 Å². The van der Waals surface area contributed by atoms with E-state index in [0.29, 0.717) is 5.56 Å². The Morgan fingerprint density at radius 3 is 1.82 bits per heavy atom. The molecule has 17 heavy (non-hydrogen) atoms. The number of nitro benzene ring substituents is 1. The molecule has 0 aliphatic heterocycles. The summed E-state index contributed by atoms with van der Waals surface area (Å²) in [6.07, 6.45) is 0. The van der Waals surface area contributed by atoms with Crippen molar-refractivity contribution in [1.82, 2.24) is 0 Å². The third-order valence-electron chi connectivity index (χ3n) is 2.45. The van der Waals surface area contributed by atoms with Gasteiger partial charge in [0.15, 0.2) is 0 Å². The molecule has 0 aromatic heterocycles. The maximum atomic E-state index is 11.0. The lowest BCUT2D eigenvalue weighted by Crippen LogP contribution is -2.25. The summed E-state index contributed by atoms with van der Waals surface area (Å²) in [7, 11) is 0. The summed E-state index contributed by atoms with van der Waals surface area (Å²) in [4.78, 5) is 20.6. The quantitative estimate of drug-likeness (QED) is 0.598. The highest BCUT2D eigenvalue weighted by Crippen LogP contribution is 2.35. The van der Waals surface area contributed by atoms with Crippen LogP contribution < -0.4 is 0 Å². The van der Waals surface area contributed by atoms with Gasteiger partial charge in [-0.2, -0.15) is 0 Å². The lowest BCUT2D eigenvalue weighted by atomic mass is 9.83. The molecule has 0 saturated carbocycles. The van der Waals surface area contributed by atoms with Gasteiger partial charge < -0.3 is 0 Å². The van der Waals surface area contributed by atoms with Gasteiger partial charge in [0, 0.05) is 28.0 Å². The summed E-state index contributed by atoms with van der Waals surface area (Å²) in [5.74, 6) is 0. The summed E-state index contributed by atoms with van der Waals surface area (Å²) >= 11 is 0. The van der Waals surface area contributed by atoms with Gasteiger partial charge in [-0.1, -0.05) is 20.8 Å². The Kier molecular flexibility index (Phi) is 3.45. The number of rotatable bonds is 3. The zero-order valence-electron chi connectivity index (χ0n) is 9.91. The molecule has 1 rings (SSSR count). The largest absolute Gasteiger partial charge is 0.269 e. The predicted octanol–water partition coefficient (Wildman–Crippen LogP) is 2.96. The van der Waals surface area contributed by atoms with Crippen LogP contribution in [0.25, 0.3) is 0 Å². The van der Waals surface area contributed by atoms with E-state index in [4.69, 9.17) is 0 Å². The fourth-order valence-electron chi connectivity index (χ4n) is 1.72. The molecule has 0 amide bonds. The van der Waals surface area contributed by atoms with Crippen molar-refractivity contribution in [1.29, 1.82) is 0 Å². The standard InChI is InChI=1S/C11H14N2O4/c1-11(2,3)10(13(16)17)8-4-6-9(7-5-8)12(14)15/h4-7,10H,1-3H3. The predicted molar refractivity (Wildman–Crippen MR) is 62.3 cm³/mol. The smallest absolute Gasteiger partial charge is 0.264 e. The van der Waals surface area contributed by atoms with Gasteiger partial charge in [-0.05, 0) is 12.1 Å². The molecule has 0 fully saturated rings. The first-order valence-electron chi connectivity index (χ1n) is 5.11. The number of hydrogen-bond donors (Lipinski definition) is 0. The molecule has 1 atom stereocenters. The molecule has 6 heteroatoms. The van der Waals surface area contributed by atoms with Gasteiger partial charge in [0.05, 0.1) is 4.92 Å². The topological polar surface area (TPSA) is 86.3 Å². The molecule has 0 bridgehead atoms. The van der Waals surface area contributed by atoms with Crippen LogP contribution >= 0.6 is 0 Å². The zero-order valence-corrected chi connectivity index (χ0v) is 9.91. The van der Waals surface area contributed by atoms with E-state index in [-0.39, 0.29) is 10.6 Å². The maximum Gasteiger partial charge on any atom is 0.269 e. The Labute approximate surface area is 98.6 Å². The fraction of sp³-hybridized carbons (Fsp3) is 0.455. The first-order chi connectivity index (χ1) is 7.73. The summed E-state index contributed by atoms with van der Waals surface area (Å²) in [5.41, 5.74) is -0.127. The van der Waals surface area contributed by atoms with Crippen molar-refractivity contribution in [2.45, 2.75) is 26.8 Å². The number of nitrogens with zero attached hydrogens (tertiary/aromatic N) is 2. The highest BCUT2D eigenvalue weighted by Gasteiger charge is 2.36. The van der Waals surface area contributed by atoms with E-state index in [1.54, 1.807) is 20.8 Å². The van der Waals surface area contributed by atoms with Crippen LogP contribution in [0, 0.1) is 25.6 Å². The molecular weight excluding hydrogens is 224 g/mol. The molecule has 1 unspecified atom stereocenters. The van der Waals surface area contributed by atoms with Crippen molar-refractivity contribution >= 4 is 5.69 Å². The van der Waals surface area contributed by atoms with Gasteiger partial charge in [0.1, 0.15) is 0 Å².